The van der Waals surface area contributed by atoms with Crippen LogP contribution in [0.2, 0.25) is 0 Å². The van der Waals surface area contributed by atoms with Crippen LogP contribution in [0.1, 0.15) is 16.1 Å². The highest BCUT2D eigenvalue weighted by Crippen LogP contribution is 2.29. The summed E-state index contributed by atoms with van der Waals surface area (Å²) >= 11 is 2.84. The Balaban J connectivity index is 1.51. The molecule has 0 unspecified atom stereocenters. The SMILES string of the molecule is O=C(c1cccs1)N(CCCN1CCOCC1)c1nc(-c2cccc(F)c2)cs1. The van der Waals surface area contributed by atoms with Crippen molar-refractivity contribution >= 4 is 33.7 Å². The molecule has 1 aliphatic rings. The minimum absolute atomic E-state index is 0.0397. The lowest BCUT2D eigenvalue weighted by atomic mass is 10.2. The van der Waals surface area contributed by atoms with Crippen LogP contribution in [0.15, 0.2) is 47.2 Å². The molecule has 0 N–H and O–H groups in total. The predicted molar refractivity (Wildman–Crippen MR) is 115 cm³/mol. The Morgan fingerprint density at radius 2 is 2.07 bits per heavy atom. The van der Waals surface area contributed by atoms with Crippen LogP contribution >= 0.6 is 22.7 Å². The van der Waals surface area contributed by atoms with Crippen LogP contribution in [-0.4, -0.2) is 55.2 Å². The maximum Gasteiger partial charge on any atom is 0.270 e. The van der Waals surface area contributed by atoms with Gasteiger partial charge in [-0.2, -0.15) is 0 Å². The van der Waals surface area contributed by atoms with Gasteiger partial charge in [-0.1, -0.05) is 18.2 Å². The number of ether oxygens (including phenoxy) is 1. The molecular formula is C21H22FN3O2S2. The molecule has 1 aromatic carbocycles. The smallest absolute Gasteiger partial charge is 0.270 e. The van der Waals surface area contributed by atoms with Gasteiger partial charge in [-0.3, -0.25) is 14.6 Å². The topological polar surface area (TPSA) is 45.7 Å². The van der Waals surface area contributed by atoms with Gasteiger partial charge in [0.25, 0.3) is 5.91 Å². The maximum absolute atomic E-state index is 13.6. The summed E-state index contributed by atoms with van der Waals surface area (Å²) < 4.78 is 19.0. The van der Waals surface area contributed by atoms with E-state index in [1.165, 1.54) is 34.8 Å². The Labute approximate surface area is 177 Å². The number of nitrogens with zero attached hydrogens (tertiary/aromatic N) is 3. The van der Waals surface area contributed by atoms with Gasteiger partial charge in [0.15, 0.2) is 5.13 Å². The molecule has 8 heteroatoms. The summed E-state index contributed by atoms with van der Waals surface area (Å²) in [6.07, 6.45) is 0.853. The molecule has 152 valence electrons. The Morgan fingerprint density at radius 3 is 2.83 bits per heavy atom. The quantitative estimate of drug-likeness (QED) is 0.557. The molecule has 5 nitrogen and oxygen atoms in total. The number of aromatic nitrogens is 1. The number of anilines is 1. The van der Waals surface area contributed by atoms with E-state index in [1.807, 2.05) is 29.0 Å². The van der Waals surface area contributed by atoms with E-state index in [2.05, 4.69) is 9.88 Å². The van der Waals surface area contributed by atoms with Crippen molar-refractivity contribution in [2.45, 2.75) is 6.42 Å². The maximum atomic E-state index is 13.6. The summed E-state index contributed by atoms with van der Waals surface area (Å²) in [6, 6.07) is 10.1. The molecule has 2 aromatic heterocycles. The number of morpholine rings is 1. The minimum Gasteiger partial charge on any atom is -0.379 e. The zero-order valence-electron chi connectivity index (χ0n) is 15.9. The largest absolute Gasteiger partial charge is 0.379 e. The average molecular weight is 432 g/mol. The molecule has 29 heavy (non-hydrogen) atoms. The summed E-state index contributed by atoms with van der Waals surface area (Å²) in [5.74, 6) is -0.337. The van der Waals surface area contributed by atoms with E-state index in [1.54, 1.807) is 11.0 Å². The summed E-state index contributed by atoms with van der Waals surface area (Å²) in [4.78, 5) is 22.5. The second-order valence-electron chi connectivity index (χ2n) is 6.77. The van der Waals surface area contributed by atoms with Crippen molar-refractivity contribution in [2.24, 2.45) is 0 Å². The fourth-order valence-corrected chi connectivity index (χ4v) is 4.79. The van der Waals surface area contributed by atoms with E-state index in [0.29, 0.717) is 27.8 Å². The van der Waals surface area contributed by atoms with Crippen molar-refractivity contribution in [1.29, 1.82) is 0 Å². The lowest BCUT2D eigenvalue weighted by Crippen LogP contribution is -2.39. The van der Waals surface area contributed by atoms with Crippen LogP contribution in [-0.2, 0) is 4.74 Å². The second-order valence-corrected chi connectivity index (χ2v) is 8.55. The molecule has 0 radical (unpaired) electrons. The van der Waals surface area contributed by atoms with Crippen molar-refractivity contribution in [3.63, 3.8) is 0 Å². The number of amides is 1. The molecule has 1 amide bonds. The first-order chi connectivity index (χ1) is 14.2. The Bertz CT molecular complexity index is 939. The van der Waals surface area contributed by atoms with Crippen LogP contribution in [0.5, 0.6) is 0 Å². The van der Waals surface area contributed by atoms with Gasteiger partial charge in [-0.05, 0) is 30.0 Å². The van der Waals surface area contributed by atoms with Crippen LogP contribution in [0, 0.1) is 5.82 Å². The number of benzene rings is 1. The third-order valence-corrected chi connectivity index (χ3v) is 6.50. The molecular weight excluding hydrogens is 409 g/mol. The van der Waals surface area contributed by atoms with Gasteiger partial charge in [0, 0.05) is 37.1 Å². The monoisotopic (exact) mass is 431 g/mol. The third kappa shape index (κ3) is 5.08. The predicted octanol–water partition coefficient (Wildman–Crippen LogP) is 4.38. The van der Waals surface area contributed by atoms with Gasteiger partial charge >= 0.3 is 0 Å². The van der Waals surface area contributed by atoms with E-state index in [4.69, 9.17) is 4.74 Å². The molecule has 0 spiro atoms. The molecule has 4 rings (SSSR count). The number of halogens is 1. The van der Waals surface area contributed by atoms with E-state index >= 15 is 0 Å². The van der Waals surface area contributed by atoms with Crippen molar-refractivity contribution in [2.75, 3.05) is 44.3 Å². The highest BCUT2D eigenvalue weighted by atomic mass is 32.1. The van der Waals surface area contributed by atoms with Crippen LogP contribution < -0.4 is 4.90 Å². The van der Waals surface area contributed by atoms with E-state index in [0.717, 1.165) is 39.3 Å². The number of carbonyl (C=O) groups is 1. The van der Waals surface area contributed by atoms with Gasteiger partial charge in [-0.25, -0.2) is 9.37 Å². The Hall–Kier alpha value is -2.13. The molecule has 3 aromatic rings. The van der Waals surface area contributed by atoms with Crippen molar-refractivity contribution < 1.29 is 13.9 Å². The molecule has 1 aliphatic heterocycles. The Kier molecular flexibility index (Phi) is 6.66. The third-order valence-electron chi connectivity index (χ3n) is 4.78. The highest BCUT2D eigenvalue weighted by Gasteiger charge is 2.22. The molecule has 3 heterocycles. The first-order valence-electron chi connectivity index (χ1n) is 9.57. The molecule has 0 saturated carbocycles. The number of rotatable bonds is 7. The number of thiophene rings is 1. The standard InChI is InChI=1S/C21H22FN3O2S2/c22-17-5-1-4-16(14-17)18-15-29-21(23-18)25(20(26)19-6-2-13-28-19)8-3-7-24-9-11-27-12-10-24/h1-2,4-6,13-15H,3,7-12H2. The van der Waals surface area contributed by atoms with Gasteiger partial charge in [0.05, 0.1) is 23.8 Å². The van der Waals surface area contributed by atoms with E-state index in [-0.39, 0.29) is 11.7 Å². The summed E-state index contributed by atoms with van der Waals surface area (Å²) in [5.41, 5.74) is 1.39. The molecule has 0 atom stereocenters. The fraction of sp³-hybridized carbons (Fsp3) is 0.333. The van der Waals surface area contributed by atoms with E-state index < -0.39 is 0 Å². The second kappa shape index (κ2) is 9.58. The normalized spacial score (nSPS) is 14.8. The number of thiazole rings is 1. The van der Waals surface area contributed by atoms with Gasteiger partial charge in [0.1, 0.15) is 5.82 Å². The summed E-state index contributed by atoms with van der Waals surface area (Å²) in [6.45, 7) is 4.90. The lowest BCUT2D eigenvalue weighted by Gasteiger charge is -2.27. The first-order valence-corrected chi connectivity index (χ1v) is 11.3. The van der Waals surface area contributed by atoms with Gasteiger partial charge in [0.2, 0.25) is 0 Å². The average Bonchev–Trinajstić information content (AvgIpc) is 3.44. The van der Waals surface area contributed by atoms with E-state index in [9.17, 15) is 9.18 Å². The fourth-order valence-electron chi connectivity index (χ4n) is 3.26. The van der Waals surface area contributed by atoms with Gasteiger partial charge < -0.3 is 4.74 Å². The summed E-state index contributed by atoms with van der Waals surface area (Å²) in [5, 5.41) is 4.42. The molecule has 0 bridgehead atoms. The first kappa shape index (κ1) is 20.2. The van der Waals surface area contributed by atoms with Crippen LogP contribution in [0.3, 0.4) is 0 Å². The number of hydrogen-bond donors (Lipinski definition) is 0. The van der Waals surface area contributed by atoms with Crippen LogP contribution in [0.25, 0.3) is 11.3 Å². The number of hydrogen-bond acceptors (Lipinski definition) is 6. The molecule has 1 fully saturated rings. The van der Waals surface area contributed by atoms with Crippen molar-refractivity contribution in [1.82, 2.24) is 9.88 Å². The zero-order valence-corrected chi connectivity index (χ0v) is 17.6. The number of carbonyl (C=O) groups excluding carboxylic acids is 1. The zero-order chi connectivity index (χ0) is 20.1. The highest BCUT2D eigenvalue weighted by molar-refractivity contribution is 7.14. The van der Waals surface area contributed by atoms with Gasteiger partial charge in [-0.15, -0.1) is 22.7 Å². The van der Waals surface area contributed by atoms with Crippen LogP contribution in [0.4, 0.5) is 9.52 Å². The summed E-state index contributed by atoms with van der Waals surface area (Å²) in [7, 11) is 0. The van der Waals surface area contributed by atoms with Crippen molar-refractivity contribution in [3.05, 3.63) is 57.9 Å². The minimum atomic E-state index is -0.297. The molecule has 0 aliphatic carbocycles. The van der Waals surface area contributed by atoms with Crippen molar-refractivity contribution in [3.8, 4) is 11.3 Å². The molecule has 1 saturated heterocycles. The Morgan fingerprint density at radius 1 is 1.21 bits per heavy atom. The lowest BCUT2D eigenvalue weighted by molar-refractivity contribution is 0.0376.